The van der Waals surface area contributed by atoms with Crippen LogP contribution >= 0.6 is 11.8 Å². The highest BCUT2D eigenvalue weighted by Crippen LogP contribution is 2.20. The Hall–Kier alpha value is -0.320. The van der Waals surface area contributed by atoms with Gasteiger partial charge in [0.05, 0.1) is 7.11 Å². The first-order valence-electron chi connectivity index (χ1n) is 5.59. The molecule has 0 spiro atoms. The van der Waals surface area contributed by atoms with Crippen LogP contribution < -0.4 is 0 Å². The van der Waals surface area contributed by atoms with E-state index in [-0.39, 0.29) is 17.6 Å². The molecule has 0 heterocycles. The topological polar surface area (TPSA) is 26.3 Å². The number of rotatable bonds is 9. The van der Waals surface area contributed by atoms with Crippen molar-refractivity contribution in [2.24, 2.45) is 0 Å². The number of unbranched alkanes of at least 4 members (excludes halogenated alkanes) is 1. The summed E-state index contributed by atoms with van der Waals surface area (Å²) in [5.74, 6) is 0.535. The number of thioether (sulfide) groups is 1. The highest BCUT2D eigenvalue weighted by molar-refractivity contribution is 8.00. The van der Waals surface area contributed by atoms with Crippen molar-refractivity contribution in [3.63, 3.8) is 0 Å². The second-order valence-electron chi connectivity index (χ2n) is 3.56. The van der Waals surface area contributed by atoms with Gasteiger partial charge in [0, 0.05) is 6.42 Å². The average Bonchev–Trinajstić information content (AvgIpc) is 2.25. The van der Waals surface area contributed by atoms with Gasteiger partial charge in [-0.2, -0.15) is 0 Å². The first kappa shape index (κ1) is 15.7. The molecule has 0 bridgehead atoms. The van der Waals surface area contributed by atoms with Crippen LogP contribution in [-0.2, 0) is 9.53 Å². The van der Waals surface area contributed by atoms with Gasteiger partial charge in [-0.15, -0.1) is 11.8 Å². The third-order valence-electron chi connectivity index (χ3n) is 2.15. The van der Waals surface area contributed by atoms with E-state index in [1.165, 1.54) is 18.9 Å². The van der Waals surface area contributed by atoms with Crippen LogP contribution in [0.15, 0.2) is 0 Å². The van der Waals surface area contributed by atoms with Crippen LogP contribution in [0.5, 0.6) is 0 Å². The monoisotopic (exact) mass is 254 g/mol. The average molecular weight is 254 g/mol. The Morgan fingerprint density at radius 1 is 1.31 bits per heavy atom. The number of halogens is 2. The van der Waals surface area contributed by atoms with E-state index < -0.39 is 6.43 Å². The van der Waals surface area contributed by atoms with Crippen LogP contribution in [0.2, 0.25) is 0 Å². The molecule has 2 nitrogen and oxygen atoms in total. The molecule has 0 aliphatic carbocycles. The maximum absolute atomic E-state index is 11.8. The lowest BCUT2D eigenvalue weighted by molar-refractivity contribution is -0.140. The summed E-state index contributed by atoms with van der Waals surface area (Å²) in [6.07, 6.45) is 0.696. The highest BCUT2D eigenvalue weighted by atomic mass is 32.2. The second-order valence-corrected chi connectivity index (χ2v) is 4.87. The molecule has 0 N–H and O–H groups in total. The minimum Gasteiger partial charge on any atom is -0.468 e. The van der Waals surface area contributed by atoms with Gasteiger partial charge in [0.25, 0.3) is 0 Å². The second kappa shape index (κ2) is 9.87. The lowest BCUT2D eigenvalue weighted by Crippen LogP contribution is -2.19. The molecule has 0 rings (SSSR count). The van der Waals surface area contributed by atoms with Gasteiger partial charge in [-0.3, -0.25) is 4.79 Å². The molecule has 0 aromatic rings. The van der Waals surface area contributed by atoms with E-state index in [1.54, 1.807) is 0 Å². The Morgan fingerprint density at radius 2 is 2.00 bits per heavy atom. The summed E-state index contributed by atoms with van der Waals surface area (Å²) < 4.78 is 28.4. The van der Waals surface area contributed by atoms with Crippen LogP contribution in [0.1, 0.15) is 39.0 Å². The van der Waals surface area contributed by atoms with Crippen LogP contribution in [0, 0.1) is 0 Å². The molecule has 0 fully saturated rings. The number of methoxy groups -OCH3 is 1. The van der Waals surface area contributed by atoms with E-state index in [9.17, 15) is 13.6 Å². The molecule has 5 heteroatoms. The quantitative estimate of drug-likeness (QED) is 0.465. The zero-order valence-electron chi connectivity index (χ0n) is 9.88. The molecule has 96 valence electrons. The number of esters is 1. The molecular weight excluding hydrogens is 234 g/mol. The standard InChI is InChI=1S/C11H20F2O2S/c1-3-6-9(11(14)15-2)16-8-5-4-7-10(12)13/h9-10H,3-8H2,1-2H3. The summed E-state index contributed by atoms with van der Waals surface area (Å²) >= 11 is 1.51. The van der Waals surface area contributed by atoms with Gasteiger partial charge in [-0.25, -0.2) is 8.78 Å². The number of carbonyl (C=O) groups excluding carboxylic acids is 1. The molecule has 1 atom stereocenters. The summed E-state index contributed by atoms with van der Waals surface area (Å²) in [7, 11) is 1.38. The lowest BCUT2D eigenvalue weighted by atomic mass is 10.2. The Morgan fingerprint density at radius 3 is 2.50 bits per heavy atom. The molecule has 1 unspecified atom stereocenters. The molecule has 0 aliphatic rings. The fourth-order valence-electron chi connectivity index (χ4n) is 1.29. The van der Waals surface area contributed by atoms with Crippen molar-refractivity contribution >= 4 is 17.7 Å². The number of alkyl halides is 2. The van der Waals surface area contributed by atoms with Gasteiger partial charge >= 0.3 is 5.97 Å². The molecule has 0 radical (unpaired) electrons. The van der Waals surface area contributed by atoms with Gasteiger partial charge < -0.3 is 4.74 Å². The first-order chi connectivity index (χ1) is 7.61. The van der Waals surface area contributed by atoms with E-state index >= 15 is 0 Å². The van der Waals surface area contributed by atoms with Crippen molar-refractivity contribution in [1.82, 2.24) is 0 Å². The Bertz CT molecular complexity index is 189. The Kier molecular flexibility index (Phi) is 9.68. The highest BCUT2D eigenvalue weighted by Gasteiger charge is 2.17. The summed E-state index contributed by atoms with van der Waals surface area (Å²) in [4.78, 5) is 11.3. The molecule has 0 saturated heterocycles. The third-order valence-corrected chi connectivity index (χ3v) is 3.51. The third kappa shape index (κ3) is 7.91. The first-order valence-corrected chi connectivity index (χ1v) is 6.64. The van der Waals surface area contributed by atoms with Crippen LogP contribution in [-0.4, -0.2) is 30.5 Å². The predicted octanol–water partition coefficient (Wildman–Crippen LogP) is 3.50. The van der Waals surface area contributed by atoms with Crippen molar-refractivity contribution in [3.8, 4) is 0 Å². The van der Waals surface area contributed by atoms with Gasteiger partial charge in [0.2, 0.25) is 6.43 Å². The maximum Gasteiger partial charge on any atom is 0.318 e. The van der Waals surface area contributed by atoms with Crippen molar-refractivity contribution < 1.29 is 18.3 Å². The SMILES string of the molecule is CCCC(SCCCCC(F)F)C(=O)OC. The van der Waals surface area contributed by atoms with Crippen molar-refractivity contribution in [2.45, 2.75) is 50.7 Å². The van der Waals surface area contributed by atoms with Crippen molar-refractivity contribution in [3.05, 3.63) is 0 Å². The smallest absolute Gasteiger partial charge is 0.318 e. The normalized spacial score (nSPS) is 12.8. The molecule has 0 aromatic heterocycles. The summed E-state index contributed by atoms with van der Waals surface area (Å²) in [6.45, 7) is 2.01. The lowest BCUT2D eigenvalue weighted by Gasteiger charge is -2.12. The fraction of sp³-hybridized carbons (Fsp3) is 0.909. The van der Waals surface area contributed by atoms with E-state index in [4.69, 9.17) is 0 Å². The minimum atomic E-state index is -2.21. The largest absolute Gasteiger partial charge is 0.468 e. The van der Waals surface area contributed by atoms with E-state index in [0.29, 0.717) is 6.42 Å². The molecule has 16 heavy (non-hydrogen) atoms. The van der Waals surface area contributed by atoms with Crippen LogP contribution in [0.4, 0.5) is 8.78 Å². The van der Waals surface area contributed by atoms with Gasteiger partial charge in [-0.1, -0.05) is 13.3 Å². The van der Waals surface area contributed by atoms with Crippen molar-refractivity contribution in [2.75, 3.05) is 12.9 Å². The van der Waals surface area contributed by atoms with Crippen LogP contribution in [0.25, 0.3) is 0 Å². The number of hydrogen-bond donors (Lipinski definition) is 0. The molecule has 0 aromatic carbocycles. The Labute approximate surface area is 100 Å². The van der Waals surface area contributed by atoms with Gasteiger partial charge in [0.15, 0.2) is 0 Å². The Balaban J connectivity index is 3.64. The zero-order valence-corrected chi connectivity index (χ0v) is 10.7. The maximum atomic E-state index is 11.8. The van der Waals surface area contributed by atoms with Gasteiger partial charge in [0.1, 0.15) is 5.25 Å². The van der Waals surface area contributed by atoms with E-state index in [2.05, 4.69) is 4.74 Å². The summed E-state index contributed by atoms with van der Waals surface area (Å²) in [5.41, 5.74) is 0. The molecule has 0 aliphatic heterocycles. The number of hydrogen-bond acceptors (Lipinski definition) is 3. The zero-order chi connectivity index (χ0) is 12.4. The fourth-order valence-corrected chi connectivity index (χ4v) is 2.58. The number of ether oxygens (including phenoxy) is 1. The van der Waals surface area contributed by atoms with Crippen molar-refractivity contribution in [1.29, 1.82) is 0 Å². The van der Waals surface area contributed by atoms with Gasteiger partial charge in [-0.05, 0) is 25.0 Å². The van der Waals surface area contributed by atoms with Crippen LogP contribution in [0.3, 0.4) is 0 Å². The summed E-state index contributed by atoms with van der Waals surface area (Å²) in [6, 6.07) is 0. The minimum absolute atomic E-state index is 0.0444. The summed E-state index contributed by atoms with van der Waals surface area (Å²) in [5, 5.41) is -0.137. The van der Waals surface area contributed by atoms with E-state index in [0.717, 1.165) is 25.0 Å². The van der Waals surface area contributed by atoms with E-state index in [1.807, 2.05) is 6.92 Å². The molecule has 0 saturated carbocycles. The molecular formula is C11H20F2O2S. The predicted molar refractivity (Wildman–Crippen MR) is 63.0 cm³/mol. The molecule has 0 amide bonds. The number of carbonyl (C=O) groups is 1.